The fraction of sp³-hybridized carbons (Fsp3) is 0.222. The molecule has 0 amide bonds. The third-order valence-corrected chi connectivity index (χ3v) is 3.01. The molecule has 0 spiro atoms. The van der Waals surface area contributed by atoms with E-state index in [-0.39, 0.29) is 0 Å². The van der Waals surface area contributed by atoms with Crippen LogP contribution in [0.1, 0.15) is 11.5 Å². The molecule has 0 aliphatic carbocycles. The number of halogens is 1. The largest absolute Gasteiger partial charge is 0.378 e. The summed E-state index contributed by atoms with van der Waals surface area (Å²) in [5, 5.41) is 5.19. The van der Waals surface area contributed by atoms with Gasteiger partial charge in [-0.25, -0.2) is 4.98 Å². The highest BCUT2D eigenvalue weighted by molar-refractivity contribution is 7.15. The third-order valence-electron chi connectivity index (χ3n) is 1.84. The third kappa shape index (κ3) is 2.08. The Bertz CT molecular complexity index is 421. The van der Waals surface area contributed by atoms with Crippen molar-refractivity contribution in [2.45, 2.75) is 13.5 Å². The molecule has 2 aromatic heterocycles. The molecule has 0 radical (unpaired) electrons. The number of nitrogens with zero attached hydrogens (tertiary/aromatic N) is 1. The number of imidazole rings is 1. The number of aryl methyl sites for hydroxylation is 1. The fourth-order valence-corrected chi connectivity index (χ4v) is 2.05. The predicted molar refractivity (Wildman–Crippen MR) is 60.0 cm³/mol. The van der Waals surface area contributed by atoms with Gasteiger partial charge < -0.3 is 10.3 Å². The van der Waals surface area contributed by atoms with E-state index in [0.29, 0.717) is 0 Å². The molecule has 0 aliphatic heterocycles. The normalized spacial score (nSPS) is 10.4. The number of aromatic amines is 1. The molecule has 0 atom stereocenters. The average molecular weight is 228 g/mol. The van der Waals surface area contributed by atoms with E-state index in [4.69, 9.17) is 11.6 Å². The highest BCUT2D eigenvalue weighted by Gasteiger charge is 2.01. The monoisotopic (exact) mass is 227 g/mol. The summed E-state index contributed by atoms with van der Waals surface area (Å²) in [6.07, 6.45) is 1.82. The zero-order chi connectivity index (χ0) is 9.97. The summed E-state index contributed by atoms with van der Waals surface area (Å²) in [4.78, 5) is 7.26. The zero-order valence-electron chi connectivity index (χ0n) is 7.67. The van der Waals surface area contributed by atoms with Crippen LogP contribution in [0.2, 0.25) is 4.34 Å². The van der Waals surface area contributed by atoms with Crippen LogP contribution in [0.5, 0.6) is 0 Å². The van der Waals surface area contributed by atoms with E-state index in [2.05, 4.69) is 15.3 Å². The highest BCUT2D eigenvalue weighted by atomic mass is 35.5. The average Bonchev–Trinajstić information content (AvgIpc) is 2.72. The van der Waals surface area contributed by atoms with Crippen molar-refractivity contribution >= 4 is 28.6 Å². The first-order valence-corrected chi connectivity index (χ1v) is 5.49. The molecule has 74 valence electrons. The lowest BCUT2D eigenvalue weighted by molar-refractivity contribution is 1.05. The number of hydrogen-bond donors (Lipinski definition) is 2. The molecule has 3 nitrogen and oxygen atoms in total. The van der Waals surface area contributed by atoms with Gasteiger partial charge in [-0.1, -0.05) is 11.6 Å². The van der Waals surface area contributed by atoms with Gasteiger partial charge in [-0.2, -0.15) is 0 Å². The Morgan fingerprint density at radius 3 is 3.07 bits per heavy atom. The fourth-order valence-electron chi connectivity index (χ4n) is 1.17. The number of rotatable bonds is 3. The van der Waals surface area contributed by atoms with Crippen LogP contribution >= 0.6 is 22.9 Å². The van der Waals surface area contributed by atoms with Gasteiger partial charge in [0.05, 0.1) is 24.1 Å². The van der Waals surface area contributed by atoms with E-state index in [0.717, 1.165) is 28.1 Å². The van der Waals surface area contributed by atoms with Crippen LogP contribution in [-0.2, 0) is 6.54 Å². The van der Waals surface area contributed by atoms with E-state index < -0.39 is 0 Å². The lowest BCUT2D eigenvalue weighted by Gasteiger charge is -2.01. The molecule has 0 saturated heterocycles. The number of H-pyrrole nitrogens is 1. The molecular formula is C9H10ClN3S. The molecule has 2 aromatic rings. The van der Waals surface area contributed by atoms with Gasteiger partial charge in [-0.3, -0.25) is 0 Å². The van der Waals surface area contributed by atoms with Crippen molar-refractivity contribution in [3.05, 3.63) is 33.5 Å². The summed E-state index contributed by atoms with van der Waals surface area (Å²) in [7, 11) is 0. The second kappa shape index (κ2) is 4.02. The number of anilines is 1. The minimum atomic E-state index is 0.720. The first-order valence-electron chi connectivity index (χ1n) is 4.23. The minimum absolute atomic E-state index is 0.720. The molecule has 0 aromatic carbocycles. The molecule has 2 heterocycles. The van der Waals surface area contributed by atoms with Crippen molar-refractivity contribution in [3.63, 3.8) is 0 Å². The second-order valence-corrected chi connectivity index (χ2v) is 4.47. The Labute approximate surface area is 91.1 Å². The van der Waals surface area contributed by atoms with Crippen LogP contribution in [0.25, 0.3) is 0 Å². The van der Waals surface area contributed by atoms with Crippen LogP contribution in [0, 0.1) is 6.92 Å². The summed E-state index contributed by atoms with van der Waals surface area (Å²) in [5.41, 5.74) is 2.04. The van der Waals surface area contributed by atoms with Gasteiger partial charge >= 0.3 is 0 Å². The van der Waals surface area contributed by atoms with Gasteiger partial charge in [0.2, 0.25) is 0 Å². The van der Waals surface area contributed by atoms with Gasteiger partial charge in [-0.15, -0.1) is 11.3 Å². The Kier molecular flexibility index (Phi) is 2.74. The molecule has 0 bridgehead atoms. The summed E-state index contributed by atoms with van der Waals surface area (Å²) in [5.74, 6) is 0.929. The predicted octanol–water partition coefficient (Wildman–Crippen LogP) is 3.05. The Hall–Kier alpha value is -1.00. The van der Waals surface area contributed by atoms with Gasteiger partial charge in [0, 0.05) is 0 Å². The number of nitrogens with one attached hydrogen (secondary N) is 2. The summed E-state index contributed by atoms with van der Waals surface area (Å²) in [6.45, 7) is 2.65. The van der Waals surface area contributed by atoms with E-state index >= 15 is 0 Å². The van der Waals surface area contributed by atoms with E-state index in [9.17, 15) is 0 Å². The standard InChI is InChI=1S/C9H10ClN3S/c1-6-11-4-7(13-6)5-12-8-2-3-14-9(8)10/h2-4,12H,5H2,1H3,(H,11,13). The second-order valence-electron chi connectivity index (χ2n) is 2.96. The molecular weight excluding hydrogens is 218 g/mol. The Balaban J connectivity index is 1.98. The van der Waals surface area contributed by atoms with Crippen molar-refractivity contribution in [2.75, 3.05) is 5.32 Å². The van der Waals surface area contributed by atoms with Crippen LogP contribution < -0.4 is 5.32 Å². The molecule has 5 heteroatoms. The Morgan fingerprint density at radius 1 is 1.64 bits per heavy atom. The van der Waals surface area contributed by atoms with Crippen LogP contribution in [0.4, 0.5) is 5.69 Å². The van der Waals surface area contributed by atoms with Crippen molar-refractivity contribution in [1.82, 2.24) is 9.97 Å². The number of aromatic nitrogens is 2. The maximum absolute atomic E-state index is 5.94. The molecule has 2 rings (SSSR count). The molecule has 14 heavy (non-hydrogen) atoms. The topological polar surface area (TPSA) is 40.7 Å². The first-order chi connectivity index (χ1) is 6.75. The molecule has 0 saturated carbocycles. The first kappa shape index (κ1) is 9.55. The SMILES string of the molecule is Cc1ncc(CNc2ccsc2Cl)[nH]1. The highest BCUT2D eigenvalue weighted by Crippen LogP contribution is 2.27. The van der Waals surface area contributed by atoms with E-state index in [1.807, 2.05) is 24.6 Å². The summed E-state index contributed by atoms with van der Waals surface area (Å²) >= 11 is 7.46. The van der Waals surface area contributed by atoms with Crippen molar-refractivity contribution in [1.29, 1.82) is 0 Å². The van der Waals surface area contributed by atoms with Crippen molar-refractivity contribution in [2.24, 2.45) is 0 Å². The number of hydrogen-bond acceptors (Lipinski definition) is 3. The van der Waals surface area contributed by atoms with Gasteiger partial charge in [-0.05, 0) is 18.4 Å². The lowest BCUT2D eigenvalue weighted by Crippen LogP contribution is -1.98. The van der Waals surface area contributed by atoms with E-state index in [1.165, 1.54) is 11.3 Å². The maximum atomic E-state index is 5.94. The smallest absolute Gasteiger partial charge is 0.116 e. The van der Waals surface area contributed by atoms with Crippen LogP contribution in [0.3, 0.4) is 0 Å². The van der Waals surface area contributed by atoms with Crippen molar-refractivity contribution < 1.29 is 0 Å². The molecule has 0 aliphatic rings. The van der Waals surface area contributed by atoms with Crippen molar-refractivity contribution in [3.8, 4) is 0 Å². The van der Waals surface area contributed by atoms with Crippen LogP contribution in [0.15, 0.2) is 17.6 Å². The molecule has 2 N–H and O–H groups in total. The van der Waals surface area contributed by atoms with Crippen LogP contribution in [-0.4, -0.2) is 9.97 Å². The quantitative estimate of drug-likeness (QED) is 0.846. The molecule has 0 fully saturated rings. The Morgan fingerprint density at radius 2 is 2.50 bits per heavy atom. The summed E-state index contributed by atoms with van der Waals surface area (Å²) in [6, 6.07) is 1.97. The number of thiophene rings is 1. The van der Waals surface area contributed by atoms with Gasteiger partial charge in [0.1, 0.15) is 10.2 Å². The zero-order valence-corrected chi connectivity index (χ0v) is 9.25. The summed E-state index contributed by atoms with van der Waals surface area (Å²) < 4.78 is 0.793. The lowest BCUT2D eigenvalue weighted by atomic mass is 10.4. The van der Waals surface area contributed by atoms with Gasteiger partial charge in [0.15, 0.2) is 0 Å². The molecule has 0 unspecified atom stereocenters. The van der Waals surface area contributed by atoms with Gasteiger partial charge in [0.25, 0.3) is 0 Å². The van der Waals surface area contributed by atoms with E-state index in [1.54, 1.807) is 0 Å². The maximum Gasteiger partial charge on any atom is 0.116 e. The minimum Gasteiger partial charge on any atom is -0.378 e.